The summed E-state index contributed by atoms with van der Waals surface area (Å²) in [4.78, 5) is 0. The molecule has 1 heteroatoms. The predicted molar refractivity (Wildman–Crippen MR) is 160 cm³/mol. The number of rotatable bonds is 24. The molecule has 1 rings (SSSR count). The third kappa shape index (κ3) is 18.7. The van der Waals surface area contributed by atoms with Crippen LogP contribution in [0.1, 0.15) is 155 Å². The zero-order valence-electron chi connectivity index (χ0n) is 23.5. The van der Waals surface area contributed by atoms with Crippen LogP contribution < -0.4 is 0 Å². The monoisotopic (exact) mass is 486 g/mol. The van der Waals surface area contributed by atoms with Crippen LogP contribution in [0.4, 0.5) is 0 Å². The van der Waals surface area contributed by atoms with Crippen LogP contribution in [0.2, 0.25) is 0 Å². The molecule has 0 atom stereocenters. The number of unbranched alkanes of at least 4 members (excludes halogenated alkanes) is 18. The molecule has 0 amide bonds. The van der Waals surface area contributed by atoms with E-state index in [1.165, 1.54) is 152 Å². The van der Waals surface area contributed by atoms with E-state index >= 15 is 0 Å². The number of hydrogen-bond donors (Lipinski definition) is 0. The van der Waals surface area contributed by atoms with E-state index in [9.17, 15) is 0 Å². The van der Waals surface area contributed by atoms with Crippen molar-refractivity contribution in [2.75, 3.05) is 12.3 Å². The van der Waals surface area contributed by atoms with Crippen LogP contribution in [0.15, 0.2) is 36.1 Å². The van der Waals surface area contributed by atoms with E-state index < -0.39 is 0 Å². The molecule has 0 saturated heterocycles. The summed E-state index contributed by atoms with van der Waals surface area (Å²) in [5.41, 5.74) is 2.92. The first kappa shape index (κ1) is 31.4. The lowest BCUT2D eigenvalue weighted by atomic mass is 10.1. The van der Waals surface area contributed by atoms with E-state index in [4.69, 9.17) is 0 Å². The molecule has 1 aromatic carbocycles. The maximum Gasteiger partial charge on any atom is -0.0227 e. The topological polar surface area (TPSA) is 0 Å². The molecule has 0 N–H and O–H groups in total. The minimum Gasteiger partial charge on any atom is -0.0830 e. The molecule has 34 heavy (non-hydrogen) atoms. The second-order valence-corrected chi connectivity index (χ2v) is 12.9. The second-order valence-electron chi connectivity index (χ2n) is 10.6. The number of hydrogen-bond acceptors (Lipinski definition) is 0. The van der Waals surface area contributed by atoms with Gasteiger partial charge in [0.05, 0.1) is 0 Å². The molecular formula is C33H59P. The standard InChI is InChI=1S/C33H59P/c1-4-6-8-10-12-14-16-18-20-25-29-34(31-32(3)33-27-23-22-24-28-33)30-26-21-19-17-15-13-11-9-7-5-2/h22-24,27-28,31H,4-21,25-26,29-30H2,1-3H3. The molecule has 0 aliphatic heterocycles. The second kappa shape index (κ2) is 24.1. The van der Waals surface area contributed by atoms with Gasteiger partial charge in [0.25, 0.3) is 0 Å². The molecular weight excluding hydrogens is 427 g/mol. The van der Waals surface area contributed by atoms with Gasteiger partial charge in [-0.2, -0.15) is 0 Å². The fourth-order valence-corrected chi connectivity index (χ4v) is 7.33. The molecule has 0 spiro atoms. The minimum atomic E-state index is 0.0452. The fourth-order valence-electron chi connectivity index (χ4n) is 4.90. The quantitative estimate of drug-likeness (QED) is 0.101. The molecule has 0 nitrogen and oxygen atoms in total. The third-order valence-corrected chi connectivity index (χ3v) is 9.74. The molecule has 0 bridgehead atoms. The summed E-state index contributed by atoms with van der Waals surface area (Å²) in [6, 6.07) is 11.0. The molecule has 0 radical (unpaired) electrons. The lowest BCUT2D eigenvalue weighted by Gasteiger charge is -2.16. The molecule has 1 aromatic rings. The van der Waals surface area contributed by atoms with Crippen molar-refractivity contribution in [3.8, 4) is 0 Å². The van der Waals surface area contributed by atoms with Gasteiger partial charge in [0.2, 0.25) is 0 Å². The van der Waals surface area contributed by atoms with Crippen molar-refractivity contribution in [3.05, 3.63) is 41.7 Å². The minimum absolute atomic E-state index is 0.0452. The lowest BCUT2D eigenvalue weighted by molar-refractivity contribution is 0.561. The molecule has 0 unspecified atom stereocenters. The van der Waals surface area contributed by atoms with Gasteiger partial charge in [-0.3, -0.25) is 0 Å². The average Bonchev–Trinajstić information content (AvgIpc) is 2.86. The highest BCUT2D eigenvalue weighted by Gasteiger charge is 2.07. The van der Waals surface area contributed by atoms with Gasteiger partial charge in [-0.05, 0) is 43.2 Å². The first-order valence-corrected chi connectivity index (χ1v) is 17.0. The Morgan fingerprint density at radius 3 is 1.26 bits per heavy atom. The zero-order valence-corrected chi connectivity index (χ0v) is 24.4. The number of allylic oxidation sites excluding steroid dienone is 1. The third-order valence-electron chi connectivity index (χ3n) is 7.20. The Morgan fingerprint density at radius 1 is 0.529 bits per heavy atom. The Balaban J connectivity index is 2.26. The van der Waals surface area contributed by atoms with Gasteiger partial charge in [0, 0.05) is 0 Å². The predicted octanol–water partition coefficient (Wildman–Crippen LogP) is 12.4. The Bertz CT molecular complexity index is 537. The Labute approximate surface area is 216 Å². The summed E-state index contributed by atoms with van der Waals surface area (Å²) >= 11 is 0. The highest BCUT2D eigenvalue weighted by atomic mass is 31.1. The van der Waals surface area contributed by atoms with Gasteiger partial charge in [-0.1, -0.05) is 173 Å². The van der Waals surface area contributed by atoms with Crippen molar-refractivity contribution in [3.63, 3.8) is 0 Å². The van der Waals surface area contributed by atoms with Crippen molar-refractivity contribution < 1.29 is 0 Å². The van der Waals surface area contributed by atoms with Gasteiger partial charge >= 0.3 is 0 Å². The van der Waals surface area contributed by atoms with Gasteiger partial charge in [-0.25, -0.2) is 0 Å². The lowest BCUT2D eigenvalue weighted by Crippen LogP contribution is -1.92. The maximum absolute atomic E-state index is 2.67. The van der Waals surface area contributed by atoms with Crippen molar-refractivity contribution in [2.24, 2.45) is 0 Å². The van der Waals surface area contributed by atoms with E-state index in [0.717, 1.165) is 0 Å². The summed E-state index contributed by atoms with van der Waals surface area (Å²) in [7, 11) is 0.0452. The van der Waals surface area contributed by atoms with E-state index in [0.29, 0.717) is 0 Å². The summed E-state index contributed by atoms with van der Waals surface area (Å²) in [5, 5.41) is 0. The normalized spacial score (nSPS) is 12.1. The van der Waals surface area contributed by atoms with E-state index in [2.05, 4.69) is 56.9 Å². The van der Waals surface area contributed by atoms with E-state index in [1.54, 1.807) is 0 Å². The van der Waals surface area contributed by atoms with Gasteiger partial charge in [0.1, 0.15) is 0 Å². The maximum atomic E-state index is 2.67. The van der Waals surface area contributed by atoms with Crippen LogP contribution in [0, 0.1) is 0 Å². The molecule has 0 aromatic heterocycles. The molecule has 0 fully saturated rings. The first-order valence-electron chi connectivity index (χ1n) is 15.3. The fraction of sp³-hybridized carbons (Fsp3) is 0.758. The smallest absolute Gasteiger partial charge is 0.0227 e. The largest absolute Gasteiger partial charge is 0.0830 e. The van der Waals surface area contributed by atoms with Gasteiger partial charge in [-0.15, -0.1) is 0 Å². The van der Waals surface area contributed by atoms with Crippen LogP contribution in [0.5, 0.6) is 0 Å². The van der Waals surface area contributed by atoms with Crippen LogP contribution in [-0.2, 0) is 0 Å². The molecule has 0 heterocycles. The first-order chi connectivity index (χ1) is 16.8. The van der Waals surface area contributed by atoms with Crippen LogP contribution in [0.3, 0.4) is 0 Å². The summed E-state index contributed by atoms with van der Waals surface area (Å²) < 4.78 is 0. The average molecular weight is 487 g/mol. The van der Waals surface area contributed by atoms with Crippen molar-refractivity contribution in [1.29, 1.82) is 0 Å². The zero-order chi connectivity index (χ0) is 24.5. The van der Waals surface area contributed by atoms with Crippen molar-refractivity contribution in [1.82, 2.24) is 0 Å². The van der Waals surface area contributed by atoms with Crippen molar-refractivity contribution >= 4 is 13.5 Å². The Kier molecular flexibility index (Phi) is 22.3. The molecule has 0 saturated carbocycles. The van der Waals surface area contributed by atoms with Crippen LogP contribution >= 0.6 is 7.92 Å². The SMILES string of the molecule is CCCCCCCCCCCCP(C=C(C)c1ccccc1)CCCCCCCCCCCC. The molecule has 0 aliphatic rings. The summed E-state index contributed by atoms with van der Waals surface area (Å²) in [6.45, 7) is 6.95. The Hall–Kier alpha value is -0.610. The highest BCUT2D eigenvalue weighted by molar-refractivity contribution is 7.61. The van der Waals surface area contributed by atoms with Crippen LogP contribution in [0.25, 0.3) is 5.57 Å². The Morgan fingerprint density at radius 2 is 0.882 bits per heavy atom. The molecule has 196 valence electrons. The highest BCUT2D eigenvalue weighted by Crippen LogP contribution is 2.42. The summed E-state index contributed by atoms with van der Waals surface area (Å²) in [6.07, 6.45) is 31.8. The van der Waals surface area contributed by atoms with Crippen LogP contribution in [-0.4, -0.2) is 12.3 Å². The van der Waals surface area contributed by atoms with Gasteiger partial charge < -0.3 is 0 Å². The summed E-state index contributed by atoms with van der Waals surface area (Å²) in [5.74, 6) is 2.67. The number of benzene rings is 1. The van der Waals surface area contributed by atoms with E-state index in [-0.39, 0.29) is 7.92 Å². The van der Waals surface area contributed by atoms with Crippen molar-refractivity contribution in [2.45, 2.75) is 149 Å². The van der Waals surface area contributed by atoms with E-state index in [1.807, 2.05) is 0 Å². The van der Waals surface area contributed by atoms with Gasteiger partial charge in [0.15, 0.2) is 0 Å². The molecule has 0 aliphatic carbocycles.